The summed E-state index contributed by atoms with van der Waals surface area (Å²) in [5, 5.41) is 4.11. The van der Waals surface area contributed by atoms with Crippen molar-refractivity contribution in [3.05, 3.63) is 34.1 Å². The highest BCUT2D eigenvalue weighted by atomic mass is 35.5. The van der Waals surface area contributed by atoms with Crippen LogP contribution in [0, 0.1) is 0 Å². The summed E-state index contributed by atoms with van der Waals surface area (Å²) in [6, 6.07) is 1.68. The maximum Gasteiger partial charge on any atom is 0.0814 e. The lowest BCUT2D eigenvalue weighted by molar-refractivity contribution is 0.922. The lowest BCUT2D eigenvalue weighted by Crippen LogP contribution is -2.03. The van der Waals surface area contributed by atoms with Gasteiger partial charge in [-0.1, -0.05) is 29.3 Å². The minimum absolute atomic E-state index is 0.552. The van der Waals surface area contributed by atoms with Crippen LogP contribution in [0.25, 0.3) is 6.08 Å². The second-order valence-electron chi connectivity index (χ2n) is 2.48. The van der Waals surface area contributed by atoms with E-state index >= 15 is 0 Å². The summed E-state index contributed by atoms with van der Waals surface area (Å²) in [6.45, 7) is 0.792. The van der Waals surface area contributed by atoms with E-state index in [-0.39, 0.29) is 0 Å². The first-order valence-corrected chi connectivity index (χ1v) is 4.62. The molecule has 0 amide bonds. The molecule has 0 spiro atoms. The fourth-order valence-electron chi connectivity index (χ4n) is 0.836. The van der Waals surface area contributed by atoms with E-state index in [9.17, 15) is 0 Å². The van der Waals surface area contributed by atoms with Crippen molar-refractivity contribution in [2.45, 2.75) is 0 Å². The van der Waals surface area contributed by atoms with Crippen LogP contribution in [0.5, 0.6) is 0 Å². The van der Waals surface area contributed by atoms with Gasteiger partial charge in [-0.15, -0.1) is 0 Å². The molecular formula is C9H10Cl2N2. The van der Waals surface area contributed by atoms with Gasteiger partial charge in [-0.3, -0.25) is 4.98 Å². The van der Waals surface area contributed by atoms with Crippen LogP contribution >= 0.6 is 23.2 Å². The van der Waals surface area contributed by atoms with E-state index in [2.05, 4.69) is 10.3 Å². The summed E-state index contributed by atoms with van der Waals surface area (Å²) in [4.78, 5) is 4.07. The smallest absolute Gasteiger partial charge is 0.0814 e. The minimum atomic E-state index is 0.552. The predicted molar refractivity (Wildman–Crippen MR) is 57.2 cm³/mol. The summed E-state index contributed by atoms with van der Waals surface area (Å²) in [7, 11) is 1.88. The Morgan fingerprint density at radius 1 is 1.54 bits per heavy atom. The molecule has 4 heteroatoms. The van der Waals surface area contributed by atoms with Crippen LogP contribution in [0.15, 0.2) is 18.3 Å². The van der Waals surface area contributed by atoms with E-state index in [4.69, 9.17) is 23.2 Å². The Kier molecular flexibility index (Phi) is 4.22. The van der Waals surface area contributed by atoms with Crippen molar-refractivity contribution in [2.24, 2.45) is 0 Å². The van der Waals surface area contributed by atoms with Gasteiger partial charge in [0.25, 0.3) is 0 Å². The molecule has 0 radical (unpaired) electrons. The third-order valence-corrected chi connectivity index (χ3v) is 1.94. The average molecular weight is 217 g/mol. The van der Waals surface area contributed by atoms with Gasteiger partial charge in [0.2, 0.25) is 0 Å². The van der Waals surface area contributed by atoms with E-state index in [0.717, 1.165) is 12.2 Å². The van der Waals surface area contributed by atoms with Gasteiger partial charge < -0.3 is 5.32 Å². The molecule has 0 unspecified atom stereocenters. The summed E-state index contributed by atoms with van der Waals surface area (Å²) in [5.41, 5.74) is 0.737. The standard InChI is InChI=1S/C9H10Cl2N2/c1-12-4-2-3-9-8(11)5-7(10)6-13-9/h2-3,5-6,12H,4H2,1H3. The largest absolute Gasteiger partial charge is 0.316 e. The molecule has 2 nitrogen and oxygen atoms in total. The van der Waals surface area contributed by atoms with Crippen molar-refractivity contribution in [2.75, 3.05) is 13.6 Å². The highest BCUT2D eigenvalue weighted by molar-refractivity contribution is 6.35. The molecule has 70 valence electrons. The molecule has 1 aromatic rings. The molecule has 1 heterocycles. The fraction of sp³-hybridized carbons (Fsp3) is 0.222. The fourth-order valence-corrected chi connectivity index (χ4v) is 1.28. The lowest BCUT2D eigenvalue weighted by atomic mass is 10.3. The molecule has 0 aliphatic carbocycles. The average Bonchev–Trinajstić information content (AvgIpc) is 2.09. The number of likely N-dealkylation sites (N-methyl/N-ethyl adjacent to an activating group) is 1. The third-order valence-electron chi connectivity index (χ3n) is 1.43. The number of nitrogens with one attached hydrogen (secondary N) is 1. The van der Waals surface area contributed by atoms with E-state index in [1.54, 1.807) is 12.3 Å². The molecule has 0 bridgehead atoms. The molecule has 0 atom stereocenters. The maximum atomic E-state index is 5.89. The molecule has 0 aromatic carbocycles. The summed E-state index contributed by atoms with van der Waals surface area (Å²) >= 11 is 11.6. The molecule has 1 N–H and O–H groups in total. The summed E-state index contributed by atoms with van der Waals surface area (Å²) in [5.74, 6) is 0. The van der Waals surface area contributed by atoms with Gasteiger partial charge in [0, 0.05) is 12.7 Å². The van der Waals surface area contributed by atoms with E-state index in [0.29, 0.717) is 10.0 Å². The van der Waals surface area contributed by atoms with Gasteiger partial charge in [-0.05, 0) is 19.2 Å². The molecule has 1 rings (SSSR count). The van der Waals surface area contributed by atoms with E-state index in [1.807, 2.05) is 19.2 Å². The number of hydrogen-bond acceptors (Lipinski definition) is 2. The zero-order chi connectivity index (χ0) is 9.68. The van der Waals surface area contributed by atoms with Crippen LogP contribution in [0.1, 0.15) is 5.69 Å². The van der Waals surface area contributed by atoms with Crippen molar-refractivity contribution in [3.8, 4) is 0 Å². The maximum absolute atomic E-state index is 5.89. The van der Waals surface area contributed by atoms with Crippen LogP contribution in [0.4, 0.5) is 0 Å². The van der Waals surface area contributed by atoms with Crippen molar-refractivity contribution in [3.63, 3.8) is 0 Å². The number of nitrogens with zero attached hydrogens (tertiary/aromatic N) is 1. The number of pyridine rings is 1. The van der Waals surface area contributed by atoms with Crippen molar-refractivity contribution in [1.29, 1.82) is 0 Å². The Hall–Kier alpha value is -0.570. The van der Waals surface area contributed by atoms with Crippen LogP contribution < -0.4 is 5.32 Å². The number of rotatable bonds is 3. The molecule has 0 saturated heterocycles. The Morgan fingerprint density at radius 3 is 2.92 bits per heavy atom. The lowest BCUT2D eigenvalue weighted by Gasteiger charge is -1.97. The van der Waals surface area contributed by atoms with Gasteiger partial charge in [0.15, 0.2) is 0 Å². The van der Waals surface area contributed by atoms with E-state index < -0.39 is 0 Å². The van der Waals surface area contributed by atoms with Gasteiger partial charge in [-0.25, -0.2) is 0 Å². The molecule has 13 heavy (non-hydrogen) atoms. The second kappa shape index (κ2) is 5.22. The Labute approximate surface area is 87.6 Å². The van der Waals surface area contributed by atoms with Gasteiger partial charge in [-0.2, -0.15) is 0 Å². The monoisotopic (exact) mass is 216 g/mol. The zero-order valence-corrected chi connectivity index (χ0v) is 8.73. The zero-order valence-electron chi connectivity index (χ0n) is 7.22. The van der Waals surface area contributed by atoms with E-state index in [1.165, 1.54) is 0 Å². The summed E-state index contributed by atoms with van der Waals surface area (Å²) in [6.07, 6.45) is 5.38. The highest BCUT2D eigenvalue weighted by Gasteiger charge is 1.97. The molecule has 0 saturated carbocycles. The summed E-state index contributed by atoms with van der Waals surface area (Å²) < 4.78 is 0. The highest BCUT2D eigenvalue weighted by Crippen LogP contribution is 2.19. The third kappa shape index (κ3) is 3.35. The van der Waals surface area contributed by atoms with Crippen molar-refractivity contribution < 1.29 is 0 Å². The molecule has 1 aromatic heterocycles. The number of aromatic nitrogens is 1. The first kappa shape index (κ1) is 10.5. The van der Waals surface area contributed by atoms with Crippen LogP contribution in [-0.2, 0) is 0 Å². The topological polar surface area (TPSA) is 24.9 Å². The van der Waals surface area contributed by atoms with Gasteiger partial charge in [0.1, 0.15) is 0 Å². The normalized spacial score (nSPS) is 11.0. The second-order valence-corrected chi connectivity index (χ2v) is 3.32. The Morgan fingerprint density at radius 2 is 2.31 bits per heavy atom. The van der Waals surface area contributed by atoms with Crippen LogP contribution in [0.3, 0.4) is 0 Å². The first-order chi connectivity index (χ1) is 6.24. The molecular weight excluding hydrogens is 207 g/mol. The Balaban J connectivity index is 2.77. The molecule has 0 fully saturated rings. The number of hydrogen-bond donors (Lipinski definition) is 1. The van der Waals surface area contributed by atoms with Crippen molar-refractivity contribution in [1.82, 2.24) is 10.3 Å². The first-order valence-electron chi connectivity index (χ1n) is 3.86. The number of halogens is 2. The van der Waals surface area contributed by atoms with Crippen LogP contribution in [0.2, 0.25) is 10.0 Å². The SMILES string of the molecule is CNCC=Cc1ncc(Cl)cc1Cl. The van der Waals surface area contributed by atoms with Gasteiger partial charge in [0.05, 0.1) is 15.7 Å². The minimum Gasteiger partial charge on any atom is -0.316 e. The predicted octanol–water partition coefficient (Wildman–Crippen LogP) is 2.62. The quantitative estimate of drug-likeness (QED) is 0.841. The molecule has 0 aliphatic heterocycles. The van der Waals surface area contributed by atoms with Gasteiger partial charge >= 0.3 is 0 Å². The van der Waals surface area contributed by atoms with Crippen molar-refractivity contribution >= 4 is 29.3 Å². The Bertz CT molecular complexity index is 310. The van der Waals surface area contributed by atoms with Crippen LogP contribution in [-0.4, -0.2) is 18.6 Å². The molecule has 0 aliphatic rings.